The average Bonchev–Trinajstić information content (AvgIpc) is 3.26. The van der Waals surface area contributed by atoms with E-state index in [9.17, 15) is 0 Å². The minimum atomic E-state index is 0. The molecule has 1 saturated heterocycles. The fourth-order valence-corrected chi connectivity index (χ4v) is 3.69. The first-order valence-corrected chi connectivity index (χ1v) is 10.4. The molecule has 1 aliphatic heterocycles. The molecule has 0 aliphatic carbocycles. The van der Waals surface area contributed by atoms with E-state index in [0.29, 0.717) is 0 Å². The van der Waals surface area contributed by atoms with Crippen LogP contribution in [0.5, 0.6) is 0 Å². The molecule has 2 heterocycles. The SMILES string of the molecule is CN=C(NCCc1ccc(-n2cccn2)cc1)NCC(C)(C)N1CCCCC1.I. The largest absolute Gasteiger partial charge is 0.356 e. The van der Waals surface area contributed by atoms with Gasteiger partial charge in [-0.3, -0.25) is 9.89 Å². The Morgan fingerprint density at radius 3 is 2.45 bits per heavy atom. The fraction of sp³-hybridized carbons (Fsp3) is 0.545. The first-order valence-electron chi connectivity index (χ1n) is 10.4. The Morgan fingerprint density at radius 1 is 1.10 bits per heavy atom. The van der Waals surface area contributed by atoms with Crippen LogP contribution in [0, 0.1) is 0 Å². The quantitative estimate of drug-likeness (QED) is 0.341. The average molecular weight is 510 g/mol. The summed E-state index contributed by atoms with van der Waals surface area (Å²) in [7, 11) is 1.84. The molecule has 1 aliphatic rings. The summed E-state index contributed by atoms with van der Waals surface area (Å²) in [4.78, 5) is 6.97. The zero-order chi connectivity index (χ0) is 19.8. The van der Waals surface area contributed by atoms with E-state index in [1.54, 1.807) is 6.20 Å². The molecule has 7 heteroatoms. The highest BCUT2D eigenvalue weighted by Gasteiger charge is 2.27. The maximum atomic E-state index is 4.38. The van der Waals surface area contributed by atoms with E-state index in [1.165, 1.54) is 37.9 Å². The Morgan fingerprint density at radius 2 is 1.83 bits per heavy atom. The van der Waals surface area contributed by atoms with E-state index in [-0.39, 0.29) is 29.5 Å². The highest BCUT2D eigenvalue weighted by atomic mass is 127. The molecule has 0 radical (unpaired) electrons. The predicted octanol–water partition coefficient (Wildman–Crippen LogP) is 3.46. The van der Waals surface area contributed by atoms with Gasteiger partial charge in [-0.1, -0.05) is 18.6 Å². The van der Waals surface area contributed by atoms with E-state index >= 15 is 0 Å². The van der Waals surface area contributed by atoms with Gasteiger partial charge < -0.3 is 10.6 Å². The second-order valence-electron chi connectivity index (χ2n) is 8.08. The molecule has 0 saturated carbocycles. The summed E-state index contributed by atoms with van der Waals surface area (Å²) in [6.07, 6.45) is 8.70. The third-order valence-corrected chi connectivity index (χ3v) is 5.54. The number of halogens is 1. The molecule has 2 aromatic rings. The zero-order valence-corrected chi connectivity index (χ0v) is 20.2. The Balaban J connectivity index is 0.00000300. The van der Waals surface area contributed by atoms with Crippen LogP contribution in [0.3, 0.4) is 0 Å². The molecule has 6 nitrogen and oxygen atoms in total. The Labute approximate surface area is 192 Å². The summed E-state index contributed by atoms with van der Waals surface area (Å²) < 4.78 is 1.87. The monoisotopic (exact) mass is 510 g/mol. The highest BCUT2D eigenvalue weighted by Crippen LogP contribution is 2.19. The minimum Gasteiger partial charge on any atom is -0.356 e. The van der Waals surface area contributed by atoms with E-state index in [1.807, 2.05) is 24.0 Å². The summed E-state index contributed by atoms with van der Waals surface area (Å²) in [5.74, 6) is 0.873. The summed E-state index contributed by atoms with van der Waals surface area (Å²) >= 11 is 0. The number of aliphatic imine (C=N–C) groups is 1. The van der Waals surface area contributed by atoms with Crippen LogP contribution in [-0.4, -0.2) is 59.4 Å². The molecule has 0 unspecified atom stereocenters. The number of rotatable bonds is 7. The number of benzene rings is 1. The lowest BCUT2D eigenvalue weighted by Crippen LogP contribution is -2.55. The maximum Gasteiger partial charge on any atom is 0.191 e. The predicted molar refractivity (Wildman–Crippen MR) is 132 cm³/mol. The lowest BCUT2D eigenvalue weighted by atomic mass is 9.98. The van der Waals surface area contributed by atoms with Crippen LogP contribution in [0.4, 0.5) is 0 Å². The number of hydrogen-bond donors (Lipinski definition) is 2. The Kier molecular flexibility index (Phi) is 9.42. The number of likely N-dealkylation sites (tertiary alicyclic amines) is 1. The Bertz CT molecular complexity index is 733. The van der Waals surface area contributed by atoms with Crippen molar-refractivity contribution >= 4 is 29.9 Å². The molecule has 0 spiro atoms. The molecule has 3 rings (SSSR count). The topological polar surface area (TPSA) is 57.5 Å². The van der Waals surface area contributed by atoms with Crippen molar-refractivity contribution in [1.82, 2.24) is 25.3 Å². The zero-order valence-electron chi connectivity index (χ0n) is 17.9. The van der Waals surface area contributed by atoms with Crippen molar-refractivity contribution in [3.05, 3.63) is 48.3 Å². The molecule has 0 amide bonds. The van der Waals surface area contributed by atoms with Gasteiger partial charge in [0.1, 0.15) is 0 Å². The molecule has 1 aromatic heterocycles. The minimum absolute atomic E-state index is 0. The molecule has 160 valence electrons. The van der Waals surface area contributed by atoms with E-state index in [4.69, 9.17) is 0 Å². The van der Waals surface area contributed by atoms with Crippen molar-refractivity contribution < 1.29 is 0 Å². The second-order valence-corrected chi connectivity index (χ2v) is 8.08. The molecular weight excluding hydrogens is 475 g/mol. The van der Waals surface area contributed by atoms with Crippen molar-refractivity contribution in [3.63, 3.8) is 0 Å². The van der Waals surface area contributed by atoms with Gasteiger partial charge in [0, 0.05) is 38.1 Å². The smallest absolute Gasteiger partial charge is 0.191 e. The summed E-state index contributed by atoms with van der Waals surface area (Å²) in [5.41, 5.74) is 2.52. The summed E-state index contributed by atoms with van der Waals surface area (Å²) in [6.45, 7) is 8.79. The van der Waals surface area contributed by atoms with E-state index in [2.05, 4.69) is 63.7 Å². The number of guanidine groups is 1. The van der Waals surface area contributed by atoms with Gasteiger partial charge in [0.25, 0.3) is 0 Å². The van der Waals surface area contributed by atoms with Crippen molar-refractivity contribution in [2.75, 3.05) is 33.2 Å². The van der Waals surface area contributed by atoms with Crippen molar-refractivity contribution in [3.8, 4) is 5.69 Å². The van der Waals surface area contributed by atoms with Gasteiger partial charge in [-0.05, 0) is 70.0 Å². The van der Waals surface area contributed by atoms with E-state index < -0.39 is 0 Å². The Hall–Kier alpha value is -1.61. The maximum absolute atomic E-state index is 4.38. The van der Waals surface area contributed by atoms with Crippen molar-refractivity contribution in [2.45, 2.75) is 45.1 Å². The number of nitrogens with one attached hydrogen (secondary N) is 2. The van der Waals surface area contributed by atoms with Crippen LogP contribution < -0.4 is 10.6 Å². The lowest BCUT2D eigenvalue weighted by molar-refractivity contribution is 0.0982. The molecule has 1 fully saturated rings. The van der Waals surface area contributed by atoms with Crippen LogP contribution in [0.1, 0.15) is 38.7 Å². The number of nitrogens with zero attached hydrogens (tertiary/aromatic N) is 4. The van der Waals surface area contributed by atoms with Crippen LogP contribution in [0.2, 0.25) is 0 Å². The summed E-state index contributed by atoms with van der Waals surface area (Å²) in [6, 6.07) is 10.5. The standard InChI is InChI=1S/C22H34N6.HI/c1-22(2,27-15-5-4-6-16-27)18-25-21(23-3)24-14-12-19-8-10-20(11-9-19)28-17-7-13-26-28;/h7-11,13,17H,4-6,12,14-16,18H2,1-3H3,(H2,23,24,25);1H. The molecule has 0 bridgehead atoms. The first-order chi connectivity index (χ1) is 13.6. The van der Waals surface area contributed by atoms with E-state index in [0.717, 1.165) is 31.2 Å². The van der Waals surface area contributed by atoms with Crippen molar-refractivity contribution in [2.24, 2.45) is 4.99 Å². The van der Waals surface area contributed by atoms with Crippen LogP contribution >= 0.6 is 24.0 Å². The van der Waals surface area contributed by atoms with Gasteiger partial charge in [0.05, 0.1) is 5.69 Å². The fourth-order valence-electron chi connectivity index (χ4n) is 3.69. The number of piperidine rings is 1. The van der Waals surface area contributed by atoms with Crippen molar-refractivity contribution in [1.29, 1.82) is 0 Å². The second kappa shape index (κ2) is 11.5. The highest BCUT2D eigenvalue weighted by molar-refractivity contribution is 14.0. The number of aromatic nitrogens is 2. The van der Waals surface area contributed by atoms with Gasteiger partial charge in [-0.2, -0.15) is 5.10 Å². The third-order valence-electron chi connectivity index (χ3n) is 5.54. The third kappa shape index (κ3) is 6.99. The van der Waals surface area contributed by atoms with Crippen LogP contribution in [0.25, 0.3) is 5.69 Å². The van der Waals surface area contributed by atoms with Crippen LogP contribution in [-0.2, 0) is 6.42 Å². The van der Waals surface area contributed by atoms with Gasteiger partial charge >= 0.3 is 0 Å². The molecule has 1 aromatic carbocycles. The lowest BCUT2D eigenvalue weighted by Gasteiger charge is -2.41. The van der Waals surface area contributed by atoms with Gasteiger partial charge in [0.2, 0.25) is 0 Å². The molecular formula is C22H35IN6. The molecule has 29 heavy (non-hydrogen) atoms. The first kappa shape index (κ1) is 23.7. The number of hydrogen-bond acceptors (Lipinski definition) is 3. The van der Waals surface area contributed by atoms with Gasteiger partial charge in [0.15, 0.2) is 5.96 Å². The summed E-state index contributed by atoms with van der Waals surface area (Å²) in [5, 5.41) is 11.2. The van der Waals surface area contributed by atoms with Gasteiger partial charge in [-0.25, -0.2) is 4.68 Å². The normalized spacial score (nSPS) is 15.6. The molecule has 2 N–H and O–H groups in total. The van der Waals surface area contributed by atoms with Crippen LogP contribution in [0.15, 0.2) is 47.7 Å². The van der Waals surface area contributed by atoms with Gasteiger partial charge in [-0.15, -0.1) is 24.0 Å². The molecule has 0 atom stereocenters.